The molecule has 0 spiro atoms. The van der Waals surface area contributed by atoms with Crippen molar-refractivity contribution in [3.63, 3.8) is 0 Å². The molecule has 0 aliphatic carbocycles. The molecule has 0 aromatic carbocycles. The van der Waals surface area contributed by atoms with Crippen LogP contribution in [-0.4, -0.2) is 50.5 Å². The number of alkyl halides is 1. The van der Waals surface area contributed by atoms with Crippen LogP contribution in [0.1, 0.15) is 11.3 Å². The summed E-state index contributed by atoms with van der Waals surface area (Å²) >= 11 is 5.80. The largest absolute Gasteiger partial charge is 0.383 e. The molecule has 0 saturated carbocycles. The van der Waals surface area contributed by atoms with Gasteiger partial charge in [-0.15, -0.1) is 11.6 Å². The lowest BCUT2D eigenvalue weighted by Gasteiger charge is -2.22. The van der Waals surface area contributed by atoms with Gasteiger partial charge in [-0.1, -0.05) is 0 Å². The van der Waals surface area contributed by atoms with Crippen molar-refractivity contribution in [1.82, 2.24) is 9.97 Å². The Morgan fingerprint density at radius 1 is 1.22 bits per heavy atom. The molecule has 5 nitrogen and oxygen atoms in total. The van der Waals surface area contributed by atoms with Crippen LogP contribution in [0.2, 0.25) is 0 Å². The minimum Gasteiger partial charge on any atom is -0.383 e. The maximum absolute atomic E-state index is 5.80. The Kier molecular flexibility index (Phi) is 6.93. The molecule has 0 bridgehead atoms. The van der Waals surface area contributed by atoms with Crippen molar-refractivity contribution in [3.05, 3.63) is 17.5 Å². The predicted octanol–water partition coefficient (Wildman–Crippen LogP) is 1.62. The molecule has 0 saturated heterocycles. The molecule has 0 amide bonds. The summed E-state index contributed by atoms with van der Waals surface area (Å²) in [6, 6.07) is 0. The van der Waals surface area contributed by atoms with Crippen molar-refractivity contribution in [2.75, 3.05) is 45.4 Å². The second kappa shape index (κ2) is 8.24. The number of halogens is 1. The zero-order chi connectivity index (χ0) is 13.4. The molecule has 0 fully saturated rings. The van der Waals surface area contributed by atoms with Gasteiger partial charge in [-0.25, -0.2) is 9.97 Å². The van der Waals surface area contributed by atoms with E-state index in [1.807, 2.05) is 11.8 Å². The van der Waals surface area contributed by atoms with E-state index >= 15 is 0 Å². The van der Waals surface area contributed by atoms with Gasteiger partial charge in [0.25, 0.3) is 0 Å². The quantitative estimate of drug-likeness (QED) is 0.674. The van der Waals surface area contributed by atoms with Gasteiger partial charge in [0.2, 0.25) is 5.95 Å². The van der Waals surface area contributed by atoms with E-state index in [0.717, 1.165) is 24.3 Å². The molecule has 18 heavy (non-hydrogen) atoms. The highest BCUT2D eigenvalue weighted by molar-refractivity contribution is 6.17. The lowest BCUT2D eigenvalue weighted by molar-refractivity contribution is 0.189. The molecule has 0 unspecified atom stereocenters. The van der Waals surface area contributed by atoms with E-state index in [9.17, 15) is 0 Å². The summed E-state index contributed by atoms with van der Waals surface area (Å²) in [5.74, 6) is 1.12. The average molecular weight is 274 g/mol. The van der Waals surface area contributed by atoms with Crippen LogP contribution in [0, 0.1) is 6.92 Å². The number of hydrogen-bond donors (Lipinski definition) is 0. The molecule has 1 aromatic rings. The van der Waals surface area contributed by atoms with Gasteiger partial charge in [0.15, 0.2) is 0 Å². The highest BCUT2D eigenvalue weighted by Gasteiger charge is 2.10. The van der Waals surface area contributed by atoms with Gasteiger partial charge < -0.3 is 14.4 Å². The lowest BCUT2D eigenvalue weighted by atomic mass is 10.3. The van der Waals surface area contributed by atoms with Crippen LogP contribution in [0.15, 0.2) is 6.20 Å². The van der Waals surface area contributed by atoms with E-state index in [1.54, 1.807) is 20.4 Å². The first kappa shape index (κ1) is 15.1. The Bertz CT molecular complexity index is 355. The summed E-state index contributed by atoms with van der Waals surface area (Å²) in [4.78, 5) is 10.8. The first-order valence-corrected chi connectivity index (χ1v) is 6.37. The SMILES string of the molecule is COCCN(CCOC)c1ncc(CCl)c(C)n1. The van der Waals surface area contributed by atoms with E-state index < -0.39 is 0 Å². The van der Waals surface area contributed by atoms with Gasteiger partial charge in [-0.05, 0) is 6.92 Å². The molecule has 0 N–H and O–H groups in total. The molecular formula is C12H20ClN3O2. The van der Waals surface area contributed by atoms with Crippen LogP contribution in [0.4, 0.5) is 5.95 Å². The van der Waals surface area contributed by atoms with E-state index in [0.29, 0.717) is 25.0 Å². The summed E-state index contributed by atoms with van der Waals surface area (Å²) in [6.07, 6.45) is 1.78. The predicted molar refractivity (Wildman–Crippen MR) is 72.3 cm³/mol. The van der Waals surface area contributed by atoms with Crippen molar-refractivity contribution < 1.29 is 9.47 Å². The topological polar surface area (TPSA) is 47.5 Å². The number of aromatic nitrogens is 2. The number of aryl methyl sites for hydroxylation is 1. The van der Waals surface area contributed by atoms with Crippen LogP contribution < -0.4 is 4.90 Å². The van der Waals surface area contributed by atoms with Gasteiger partial charge in [-0.3, -0.25) is 0 Å². The van der Waals surface area contributed by atoms with Gasteiger partial charge in [0, 0.05) is 44.8 Å². The highest BCUT2D eigenvalue weighted by Crippen LogP contribution is 2.12. The van der Waals surface area contributed by atoms with Crippen molar-refractivity contribution in [2.24, 2.45) is 0 Å². The lowest BCUT2D eigenvalue weighted by Crippen LogP contribution is -2.32. The molecule has 0 radical (unpaired) electrons. The first-order chi connectivity index (χ1) is 8.72. The molecule has 1 heterocycles. The molecule has 0 aliphatic rings. The minimum atomic E-state index is 0.433. The van der Waals surface area contributed by atoms with Crippen LogP contribution in [0.5, 0.6) is 0 Å². The second-order valence-corrected chi connectivity index (χ2v) is 4.15. The average Bonchev–Trinajstić information content (AvgIpc) is 2.39. The number of rotatable bonds is 8. The zero-order valence-electron chi connectivity index (χ0n) is 11.1. The molecule has 1 rings (SSSR count). The zero-order valence-corrected chi connectivity index (χ0v) is 11.9. The van der Waals surface area contributed by atoms with Gasteiger partial charge >= 0.3 is 0 Å². The standard InChI is InChI=1S/C12H20ClN3O2/c1-10-11(8-13)9-14-12(15-10)16(4-6-17-2)5-7-18-3/h9H,4-8H2,1-3H3. The summed E-state index contributed by atoms with van der Waals surface area (Å²) in [5, 5.41) is 0. The third-order valence-corrected chi connectivity index (χ3v) is 2.91. The number of ether oxygens (including phenoxy) is 2. The fourth-order valence-electron chi connectivity index (χ4n) is 1.48. The molecule has 1 aromatic heterocycles. The molecular weight excluding hydrogens is 254 g/mol. The monoisotopic (exact) mass is 273 g/mol. The minimum absolute atomic E-state index is 0.433. The summed E-state index contributed by atoms with van der Waals surface area (Å²) in [7, 11) is 3.36. The Hall–Kier alpha value is -0.910. The van der Waals surface area contributed by atoms with E-state index in [4.69, 9.17) is 21.1 Å². The van der Waals surface area contributed by atoms with Gasteiger partial charge in [-0.2, -0.15) is 0 Å². The molecule has 0 atom stereocenters. The molecule has 6 heteroatoms. The molecule has 102 valence electrons. The first-order valence-electron chi connectivity index (χ1n) is 5.84. The Labute approximate surface area is 113 Å². The normalized spacial score (nSPS) is 10.7. The maximum atomic E-state index is 5.80. The molecule has 0 aliphatic heterocycles. The smallest absolute Gasteiger partial charge is 0.225 e. The van der Waals surface area contributed by atoms with Crippen LogP contribution in [0.25, 0.3) is 0 Å². The third-order valence-electron chi connectivity index (χ3n) is 2.63. The number of nitrogens with zero attached hydrogens (tertiary/aromatic N) is 3. The van der Waals surface area contributed by atoms with Crippen LogP contribution in [-0.2, 0) is 15.4 Å². The van der Waals surface area contributed by atoms with Crippen molar-refractivity contribution in [2.45, 2.75) is 12.8 Å². The van der Waals surface area contributed by atoms with Crippen molar-refractivity contribution in [3.8, 4) is 0 Å². The maximum Gasteiger partial charge on any atom is 0.225 e. The number of anilines is 1. The van der Waals surface area contributed by atoms with Gasteiger partial charge in [0.05, 0.1) is 19.1 Å². The van der Waals surface area contributed by atoms with Gasteiger partial charge in [0.1, 0.15) is 0 Å². The Morgan fingerprint density at radius 3 is 2.28 bits per heavy atom. The number of hydrogen-bond acceptors (Lipinski definition) is 5. The number of methoxy groups -OCH3 is 2. The Balaban J connectivity index is 2.79. The fraction of sp³-hybridized carbons (Fsp3) is 0.667. The summed E-state index contributed by atoms with van der Waals surface area (Å²) in [5.41, 5.74) is 1.87. The van der Waals surface area contributed by atoms with Crippen molar-refractivity contribution >= 4 is 17.5 Å². The van der Waals surface area contributed by atoms with Crippen LogP contribution >= 0.6 is 11.6 Å². The van der Waals surface area contributed by atoms with E-state index in [2.05, 4.69) is 9.97 Å². The van der Waals surface area contributed by atoms with Crippen LogP contribution in [0.3, 0.4) is 0 Å². The van der Waals surface area contributed by atoms with E-state index in [1.165, 1.54) is 0 Å². The highest BCUT2D eigenvalue weighted by atomic mass is 35.5. The second-order valence-electron chi connectivity index (χ2n) is 3.89. The van der Waals surface area contributed by atoms with E-state index in [-0.39, 0.29) is 0 Å². The Morgan fingerprint density at radius 2 is 1.83 bits per heavy atom. The summed E-state index contributed by atoms with van der Waals surface area (Å²) < 4.78 is 10.2. The third kappa shape index (κ3) is 4.40. The fourth-order valence-corrected chi connectivity index (χ4v) is 1.74. The summed E-state index contributed by atoms with van der Waals surface area (Å²) in [6.45, 7) is 4.67. The van der Waals surface area contributed by atoms with Crippen molar-refractivity contribution in [1.29, 1.82) is 0 Å².